The van der Waals surface area contributed by atoms with Crippen LogP contribution in [0.4, 0.5) is 20.4 Å². The van der Waals surface area contributed by atoms with Gasteiger partial charge < -0.3 is 11.5 Å². The summed E-state index contributed by atoms with van der Waals surface area (Å²) in [6.07, 6.45) is 0. The molecule has 0 bridgehead atoms. The highest BCUT2D eigenvalue weighted by Gasteiger charge is 2.07. The average molecular weight is 268 g/mol. The fraction of sp³-hybridized carbons (Fsp3) is 0.0909. The molecule has 94 valence electrons. The monoisotopic (exact) mass is 268 g/mol. The Kier molecular flexibility index (Phi) is 3.61. The van der Waals surface area contributed by atoms with Gasteiger partial charge in [0.2, 0.25) is 0 Å². The maximum Gasteiger partial charge on any atom is 0.191 e. The van der Waals surface area contributed by atoms with Crippen molar-refractivity contribution in [2.45, 2.75) is 10.9 Å². The topological polar surface area (TPSA) is 77.8 Å². The molecule has 18 heavy (non-hydrogen) atoms. The van der Waals surface area contributed by atoms with Crippen molar-refractivity contribution in [2.75, 3.05) is 11.5 Å². The quantitative estimate of drug-likeness (QED) is 0.659. The molecular formula is C11H10F2N4S. The molecule has 0 atom stereocenters. The van der Waals surface area contributed by atoms with Gasteiger partial charge in [-0.2, -0.15) is 0 Å². The second-order valence-electron chi connectivity index (χ2n) is 3.52. The number of anilines is 2. The summed E-state index contributed by atoms with van der Waals surface area (Å²) in [6.45, 7) is 0. The van der Waals surface area contributed by atoms with Gasteiger partial charge in [-0.05, 0) is 11.6 Å². The lowest BCUT2D eigenvalue weighted by atomic mass is 10.2. The Balaban J connectivity index is 2.11. The largest absolute Gasteiger partial charge is 0.383 e. The molecule has 0 saturated carbocycles. The highest BCUT2D eigenvalue weighted by atomic mass is 32.2. The Morgan fingerprint density at radius 3 is 2.33 bits per heavy atom. The zero-order chi connectivity index (χ0) is 13.1. The fourth-order valence-corrected chi connectivity index (χ4v) is 2.17. The van der Waals surface area contributed by atoms with Gasteiger partial charge in [-0.15, -0.1) is 0 Å². The number of thioether (sulfide) groups is 1. The summed E-state index contributed by atoms with van der Waals surface area (Å²) in [5, 5.41) is 0.358. The molecule has 0 unspecified atom stereocenters. The smallest absolute Gasteiger partial charge is 0.191 e. The average Bonchev–Trinajstić information content (AvgIpc) is 2.26. The number of nitrogens with zero attached hydrogens (tertiary/aromatic N) is 2. The summed E-state index contributed by atoms with van der Waals surface area (Å²) in [7, 11) is 0. The van der Waals surface area contributed by atoms with E-state index in [9.17, 15) is 8.78 Å². The molecule has 2 aromatic rings. The van der Waals surface area contributed by atoms with Crippen LogP contribution < -0.4 is 11.5 Å². The molecule has 1 heterocycles. The number of hydrogen-bond acceptors (Lipinski definition) is 5. The molecule has 7 heteroatoms. The van der Waals surface area contributed by atoms with Gasteiger partial charge in [0, 0.05) is 17.9 Å². The number of hydrogen-bond donors (Lipinski definition) is 2. The summed E-state index contributed by atoms with van der Waals surface area (Å²) < 4.78 is 26.1. The van der Waals surface area contributed by atoms with Crippen molar-refractivity contribution in [2.24, 2.45) is 0 Å². The summed E-state index contributed by atoms with van der Waals surface area (Å²) in [5.74, 6) is -0.422. The van der Waals surface area contributed by atoms with Crippen LogP contribution in [-0.4, -0.2) is 9.97 Å². The summed E-state index contributed by atoms with van der Waals surface area (Å²) in [5.41, 5.74) is 11.4. The summed E-state index contributed by atoms with van der Waals surface area (Å²) in [4.78, 5) is 7.90. The molecular weight excluding hydrogens is 258 g/mol. The first kappa shape index (κ1) is 12.6. The van der Waals surface area contributed by atoms with E-state index in [-0.39, 0.29) is 17.4 Å². The van der Waals surface area contributed by atoms with Crippen LogP contribution in [0.1, 0.15) is 5.56 Å². The third kappa shape index (κ3) is 3.07. The predicted molar refractivity (Wildman–Crippen MR) is 66.8 cm³/mol. The standard InChI is InChI=1S/C11H10F2N4S/c12-7-2-1-6(8(13)3-7)5-18-11-16-9(14)4-10(15)17-11/h1-4H,5H2,(H4,14,15,16,17). The van der Waals surface area contributed by atoms with Crippen molar-refractivity contribution in [3.63, 3.8) is 0 Å². The Labute approximate surface area is 106 Å². The van der Waals surface area contributed by atoms with Gasteiger partial charge in [0.05, 0.1) is 0 Å². The van der Waals surface area contributed by atoms with Gasteiger partial charge in [0.15, 0.2) is 5.16 Å². The first-order valence-electron chi connectivity index (χ1n) is 5.01. The molecule has 4 nitrogen and oxygen atoms in total. The van der Waals surface area contributed by atoms with Crippen molar-refractivity contribution in [1.82, 2.24) is 9.97 Å². The number of rotatable bonds is 3. The molecule has 0 aliphatic carbocycles. The Morgan fingerprint density at radius 1 is 1.06 bits per heavy atom. The minimum Gasteiger partial charge on any atom is -0.383 e. The lowest BCUT2D eigenvalue weighted by Crippen LogP contribution is -1.99. The van der Waals surface area contributed by atoms with E-state index in [1.54, 1.807) is 0 Å². The molecule has 0 spiro atoms. The third-order valence-corrected chi connectivity index (χ3v) is 3.01. The Bertz CT molecular complexity index is 557. The molecule has 0 amide bonds. The van der Waals surface area contributed by atoms with E-state index >= 15 is 0 Å². The van der Waals surface area contributed by atoms with Crippen molar-refractivity contribution < 1.29 is 8.78 Å². The molecule has 0 aliphatic rings. The molecule has 1 aromatic heterocycles. The van der Waals surface area contributed by atoms with E-state index in [4.69, 9.17) is 11.5 Å². The molecule has 0 radical (unpaired) electrons. The number of nitrogens with two attached hydrogens (primary N) is 2. The number of nitrogen functional groups attached to an aromatic ring is 2. The Hall–Kier alpha value is -1.89. The van der Waals surface area contributed by atoms with Crippen LogP contribution in [0.25, 0.3) is 0 Å². The third-order valence-electron chi connectivity index (χ3n) is 2.12. The number of halogens is 2. The van der Waals surface area contributed by atoms with Crippen molar-refractivity contribution in [1.29, 1.82) is 0 Å². The minimum absolute atomic E-state index is 0.254. The predicted octanol–water partition coefficient (Wildman–Crippen LogP) is 2.21. The lowest BCUT2D eigenvalue weighted by Gasteiger charge is -2.04. The van der Waals surface area contributed by atoms with E-state index < -0.39 is 11.6 Å². The van der Waals surface area contributed by atoms with Crippen LogP contribution in [-0.2, 0) is 5.75 Å². The van der Waals surface area contributed by atoms with Crippen LogP contribution in [0, 0.1) is 11.6 Å². The second-order valence-corrected chi connectivity index (χ2v) is 4.47. The molecule has 2 rings (SSSR count). The van der Waals surface area contributed by atoms with Crippen molar-refractivity contribution in [3.8, 4) is 0 Å². The van der Waals surface area contributed by atoms with Gasteiger partial charge in [0.1, 0.15) is 23.3 Å². The van der Waals surface area contributed by atoms with Gasteiger partial charge in [-0.25, -0.2) is 18.7 Å². The number of benzene rings is 1. The molecule has 1 aromatic carbocycles. The zero-order valence-electron chi connectivity index (χ0n) is 9.23. The summed E-state index contributed by atoms with van der Waals surface area (Å²) >= 11 is 1.18. The SMILES string of the molecule is Nc1cc(N)nc(SCc2ccc(F)cc2F)n1. The minimum atomic E-state index is -0.606. The van der Waals surface area contributed by atoms with Crippen LogP contribution in [0.5, 0.6) is 0 Å². The highest BCUT2D eigenvalue weighted by molar-refractivity contribution is 7.98. The van der Waals surface area contributed by atoms with Crippen molar-refractivity contribution in [3.05, 3.63) is 41.5 Å². The first-order chi connectivity index (χ1) is 8.54. The molecule has 0 aliphatic heterocycles. The van der Waals surface area contributed by atoms with Gasteiger partial charge in [0.25, 0.3) is 0 Å². The maximum atomic E-state index is 13.4. The maximum absolute atomic E-state index is 13.4. The zero-order valence-corrected chi connectivity index (χ0v) is 10.0. The van der Waals surface area contributed by atoms with E-state index in [1.807, 2.05) is 0 Å². The van der Waals surface area contributed by atoms with Gasteiger partial charge in [-0.1, -0.05) is 17.8 Å². The van der Waals surface area contributed by atoms with E-state index in [0.29, 0.717) is 10.7 Å². The van der Waals surface area contributed by atoms with Crippen LogP contribution in [0.2, 0.25) is 0 Å². The van der Waals surface area contributed by atoms with Crippen molar-refractivity contribution >= 4 is 23.4 Å². The molecule has 0 saturated heterocycles. The van der Waals surface area contributed by atoms with E-state index in [0.717, 1.165) is 6.07 Å². The molecule has 4 N–H and O–H groups in total. The van der Waals surface area contributed by atoms with E-state index in [1.165, 1.54) is 30.0 Å². The lowest BCUT2D eigenvalue weighted by molar-refractivity contribution is 0.576. The normalized spacial score (nSPS) is 10.6. The summed E-state index contributed by atoms with van der Waals surface area (Å²) in [6, 6.07) is 4.86. The second kappa shape index (κ2) is 5.18. The Morgan fingerprint density at radius 2 is 1.72 bits per heavy atom. The molecule has 0 fully saturated rings. The fourth-order valence-electron chi connectivity index (χ4n) is 1.31. The van der Waals surface area contributed by atoms with E-state index in [2.05, 4.69) is 9.97 Å². The van der Waals surface area contributed by atoms with Gasteiger partial charge >= 0.3 is 0 Å². The number of aromatic nitrogens is 2. The van der Waals surface area contributed by atoms with Crippen LogP contribution in [0.3, 0.4) is 0 Å². The van der Waals surface area contributed by atoms with Gasteiger partial charge in [-0.3, -0.25) is 0 Å². The van der Waals surface area contributed by atoms with Crippen LogP contribution >= 0.6 is 11.8 Å². The first-order valence-corrected chi connectivity index (χ1v) is 6.00. The highest BCUT2D eigenvalue weighted by Crippen LogP contribution is 2.23. The van der Waals surface area contributed by atoms with Crippen LogP contribution in [0.15, 0.2) is 29.4 Å².